The number of fused-ring (bicyclic) bond motifs is 2. The monoisotopic (exact) mass is 770 g/mol. The Morgan fingerprint density at radius 2 is 1.85 bits per heavy atom. The van der Waals surface area contributed by atoms with Gasteiger partial charge in [-0.05, 0) is 63.9 Å². The smallest absolute Gasteiger partial charge is 0.255 e. The van der Waals surface area contributed by atoms with Crippen molar-refractivity contribution in [3.8, 4) is 11.4 Å². The maximum Gasteiger partial charge on any atom is 0.255 e. The van der Waals surface area contributed by atoms with Crippen LogP contribution in [0.1, 0.15) is 67.1 Å². The fourth-order valence-corrected chi connectivity index (χ4v) is 7.96. The van der Waals surface area contributed by atoms with Gasteiger partial charge in [0.2, 0.25) is 22.7 Å². The van der Waals surface area contributed by atoms with Crippen LogP contribution in [0.4, 0.5) is 21.8 Å². The van der Waals surface area contributed by atoms with Crippen LogP contribution >= 0.6 is 0 Å². The molecule has 0 bridgehead atoms. The van der Waals surface area contributed by atoms with E-state index in [0.29, 0.717) is 40.7 Å². The Morgan fingerprint density at radius 1 is 1.05 bits per heavy atom. The molecule has 5 aromatic rings. The Hall–Kier alpha value is -5.82. The first-order chi connectivity index (χ1) is 26.4. The fraction of sp³-hybridized carbons (Fsp3) is 0.389. The number of carbonyl (C=O) groups is 3. The van der Waals surface area contributed by atoms with Gasteiger partial charge in [0.1, 0.15) is 23.5 Å². The number of carbonyl (C=O) groups excluding carboxylic acids is 3. The third-order valence-corrected chi connectivity index (χ3v) is 11.0. The first kappa shape index (κ1) is 36.2. The summed E-state index contributed by atoms with van der Waals surface area (Å²) in [4.78, 5) is 56.5. The zero-order valence-electron chi connectivity index (χ0n) is 30.3. The van der Waals surface area contributed by atoms with Gasteiger partial charge in [-0.15, -0.1) is 0 Å². The van der Waals surface area contributed by atoms with Gasteiger partial charge in [0.05, 0.1) is 28.9 Å². The second-order valence-corrected chi connectivity index (χ2v) is 15.2. The molecule has 2 fully saturated rings. The number of hydrogen-bond donors (Lipinski definition) is 3. The molecule has 3 aliphatic rings. The molecule has 3 aliphatic heterocycles. The van der Waals surface area contributed by atoms with Crippen LogP contribution in [0.15, 0.2) is 49.1 Å². The average molecular weight is 771 g/mol. The highest BCUT2D eigenvalue weighted by Crippen LogP contribution is 2.34. The Balaban J connectivity index is 0.932. The van der Waals surface area contributed by atoms with Crippen LogP contribution in [0.2, 0.25) is 0 Å². The summed E-state index contributed by atoms with van der Waals surface area (Å²) in [5.41, 5.74) is 2.79. The van der Waals surface area contributed by atoms with Gasteiger partial charge >= 0.3 is 0 Å². The molecule has 4 aromatic heterocycles. The molecule has 55 heavy (non-hydrogen) atoms. The molecular weight excluding hydrogens is 732 g/mol. The lowest BCUT2D eigenvalue weighted by atomic mass is 10.0. The van der Waals surface area contributed by atoms with E-state index in [1.165, 1.54) is 23.4 Å². The minimum Gasteiger partial charge on any atom is -0.354 e. The van der Waals surface area contributed by atoms with Gasteiger partial charge in [-0.3, -0.25) is 29.3 Å². The van der Waals surface area contributed by atoms with Crippen molar-refractivity contribution in [1.82, 2.24) is 49.0 Å². The maximum absolute atomic E-state index is 15.4. The molecule has 2 saturated heterocycles. The number of rotatable bonds is 10. The molecule has 0 spiro atoms. The molecule has 17 nitrogen and oxygen atoms in total. The first-order valence-corrected chi connectivity index (χ1v) is 19.2. The topological polar surface area (TPSA) is 193 Å². The molecule has 286 valence electrons. The highest BCUT2D eigenvalue weighted by atomic mass is 32.2. The number of piperidine rings is 2. The van der Waals surface area contributed by atoms with Crippen molar-refractivity contribution in [2.24, 2.45) is 0 Å². The van der Waals surface area contributed by atoms with E-state index in [9.17, 15) is 22.8 Å². The van der Waals surface area contributed by atoms with Crippen molar-refractivity contribution in [2.75, 3.05) is 30.4 Å². The number of aromatic nitrogens is 7. The molecule has 7 heterocycles. The molecule has 0 radical (unpaired) electrons. The van der Waals surface area contributed by atoms with Crippen LogP contribution in [0.3, 0.4) is 0 Å². The number of amides is 3. The van der Waals surface area contributed by atoms with Gasteiger partial charge in [0.15, 0.2) is 11.6 Å². The summed E-state index contributed by atoms with van der Waals surface area (Å²) in [6.45, 7) is 6.17. The molecular formula is C36H39FN12O5S. The van der Waals surface area contributed by atoms with E-state index in [2.05, 4.69) is 54.3 Å². The second-order valence-electron chi connectivity index (χ2n) is 14.4. The summed E-state index contributed by atoms with van der Waals surface area (Å²) < 4.78 is 40.8. The van der Waals surface area contributed by atoms with Crippen molar-refractivity contribution in [1.29, 1.82) is 0 Å². The van der Waals surface area contributed by atoms with Gasteiger partial charge in [-0.2, -0.15) is 14.3 Å². The van der Waals surface area contributed by atoms with Crippen molar-refractivity contribution in [3.63, 3.8) is 0 Å². The largest absolute Gasteiger partial charge is 0.354 e. The van der Waals surface area contributed by atoms with Gasteiger partial charge in [-0.1, -0.05) is 0 Å². The molecule has 2 N–H and O–H groups in total. The Labute approximate surface area is 316 Å². The van der Waals surface area contributed by atoms with E-state index in [0.717, 1.165) is 46.7 Å². The average Bonchev–Trinajstić information content (AvgIpc) is 3.89. The van der Waals surface area contributed by atoms with E-state index in [1.54, 1.807) is 24.5 Å². The second kappa shape index (κ2) is 14.4. The Morgan fingerprint density at radius 3 is 2.58 bits per heavy atom. The van der Waals surface area contributed by atoms with Crippen molar-refractivity contribution < 1.29 is 27.2 Å². The SMILES string of the molecule is CC(C)n1nc(N2CCC(N(C)Cc3cc4c(cc3F)C(=O)N(C3CCC(=O)NC3=O)C4)CC2)c2cnc(Nc3ccnc(-c4cnn([SH](=O)=O)c4)n3)cc21. The van der Waals surface area contributed by atoms with Crippen LogP contribution in [-0.2, 0) is 33.6 Å². The molecule has 1 unspecified atom stereocenters. The fourth-order valence-electron chi connectivity index (χ4n) is 7.61. The van der Waals surface area contributed by atoms with E-state index < -0.39 is 34.6 Å². The zero-order valence-corrected chi connectivity index (χ0v) is 31.2. The van der Waals surface area contributed by atoms with Crippen LogP contribution < -0.4 is 15.5 Å². The predicted molar refractivity (Wildman–Crippen MR) is 199 cm³/mol. The lowest BCUT2D eigenvalue weighted by Gasteiger charge is -2.37. The van der Waals surface area contributed by atoms with Crippen LogP contribution in [0.5, 0.6) is 0 Å². The van der Waals surface area contributed by atoms with Crippen LogP contribution in [-0.4, -0.2) is 102 Å². The molecule has 19 heteroatoms. The summed E-state index contributed by atoms with van der Waals surface area (Å²) >= 11 is 0. The lowest BCUT2D eigenvalue weighted by molar-refractivity contribution is -0.136. The number of thiol groups is 1. The number of benzene rings is 1. The third kappa shape index (κ3) is 7.00. The van der Waals surface area contributed by atoms with Crippen molar-refractivity contribution >= 4 is 57.0 Å². The number of halogens is 1. The van der Waals surface area contributed by atoms with Crippen molar-refractivity contribution in [3.05, 3.63) is 71.6 Å². The highest BCUT2D eigenvalue weighted by molar-refractivity contribution is 7.70. The Bertz CT molecular complexity index is 2410. The molecule has 1 aromatic carbocycles. The lowest BCUT2D eigenvalue weighted by Crippen LogP contribution is -2.52. The highest BCUT2D eigenvalue weighted by Gasteiger charge is 2.40. The normalized spacial score (nSPS) is 17.9. The van der Waals surface area contributed by atoms with E-state index in [1.807, 2.05) is 17.8 Å². The standard InChI is InChI=1S/C36H39FN12O5S/c1-20(2)49-29-14-31(41-30-6-9-38-33(42-30)23-15-40-48(19-23)55(53)54)39-16-26(29)34(44-49)46-10-7-24(8-11-46)45(3)17-22-12-21-18-47(36(52)25(21)13-27(22)37)28-4-5-32(50)43-35(28)51/h6,9,12-16,19-20,24,28,55H,4-5,7-8,10-11,17-18H2,1-3H3,(H,43,50,51)(H,38,39,41,42). The van der Waals surface area contributed by atoms with Crippen LogP contribution in [0, 0.1) is 5.82 Å². The first-order valence-electron chi connectivity index (χ1n) is 18.0. The molecule has 3 amide bonds. The number of imide groups is 1. The minimum absolute atomic E-state index is 0.0680. The zero-order chi connectivity index (χ0) is 38.5. The van der Waals surface area contributed by atoms with E-state index in [4.69, 9.17) is 5.10 Å². The van der Waals surface area contributed by atoms with E-state index in [-0.39, 0.29) is 42.9 Å². The predicted octanol–water partition coefficient (Wildman–Crippen LogP) is 2.78. The summed E-state index contributed by atoms with van der Waals surface area (Å²) in [7, 11) is -0.908. The number of nitrogens with zero attached hydrogens (tertiary/aromatic N) is 10. The quantitative estimate of drug-likeness (QED) is 0.139. The number of nitrogens with one attached hydrogen (secondary N) is 2. The maximum atomic E-state index is 15.4. The number of pyridine rings is 1. The molecule has 0 saturated carbocycles. The Kier molecular flexibility index (Phi) is 9.50. The molecule has 8 rings (SSSR count). The van der Waals surface area contributed by atoms with Crippen LogP contribution in [0.25, 0.3) is 22.3 Å². The van der Waals surface area contributed by atoms with Crippen molar-refractivity contribution in [2.45, 2.75) is 70.7 Å². The number of anilines is 3. The van der Waals surface area contributed by atoms with Gasteiger partial charge in [-0.25, -0.2) is 27.8 Å². The summed E-state index contributed by atoms with van der Waals surface area (Å²) in [6.07, 6.45) is 8.17. The van der Waals surface area contributed by atoms with E-state index >= 15 is 4.39 Å². The van der Waals surface area contributed by atoms with Gasteiger partial charge in [0.25, 0.3) is 5.91 Å². The summed E-state index contributed by atoms with van der Waals surface area (Å²) in [5, 5.41) is 15.3. The minimum atomic E-state index is -2.89. The summed E-state index contributed by atoms with van der Waals surface area (Å²) in [6, 6.07) is 6.14. The van der Waals surface area contributed by atoms with Gasteiger partial charge in [0, 0.05) is 74.3 Å². The molecule has 1 atom stereocenters. The third-order valence-electron chi connectivity index (χ3n) is 10.5. The summed E-state index contributed by atoms with van der Waals surface area (Å²) in [5.74, 6) is 0.482. The molecule has 0 aliphatic carbocycles. The number of hydrogen-bond acceptors (Lipinski definition) is 13. The van der Waals surface area contributed by atoms with Gasteiger partial charge < -0.3 is 15.1 Å².